The highest BCUT2D eigenvalue weighted by Crippen LogP contribution is 2.24. The molecule has 0 aliphatic rings. The first-order valence-electron chi connectivity index (χ1n) is 4.89. The van der Waals surface area contributed by atoms with Crippen molar-refractivity contribution in [2.24, 2.45) is 7.05 Å². The van der Waals surface area contributed by atoms with Gasteiger partial charge in [-0.2, -0.15) is 15.0 Å². The molecule has 0 unspecified atom stereocenters. The average Bonchev–Trinajstić information content (AvgIpc) is 2.74. The summed E-state index contributed by atoms with van der Waals surface area (Å²) >= 11 is 0. The number of ether oxygens (including phenoxy) is 1. The van der Waals surface area contributed by atoms with Gasteiger partial charge >= 0.3 is 7.12 Å². The molecule has 2 heterocycles. The Morgan fingerprint density at radius 3 is 2.65 bits per heavy atom. The fourth-order valence-corrected chi connectivity index (χ4v) is 1.42. The fraction of sp³-hybridized carbons (Fsp3) is 0.222. The Bertz CT molecular complexity index is 529. The molecule has 2 rings (SSSR count). The van der Waals surface area contributed by atoms with Crippen LogP contribution in [-0.2, 0) is 7.05 Å². The van der Waals surface area contributed by atoms with Gasteiger partial charge < -0.3 is 14.8 Å². The minimum Gasteiger partial charge on any atom is -0.481 e. The van der Waals surface area contributed by atoms with Crippen LogP contribution in [0.25, 0.3) is 11.3 Å². The summed E-state index contributed by atoms with van der Waals surface area (Å²) in [6, 6.07) is 3.15. The van der Waals surface area contributed by atoms with Gasteiger partial charge in [-0.05, 0) is 12.1 Å². The van der Waals surface area contributed by atoms with Crippen LogP contribution in [0.5, 0.6) is 5.88 Å². The van der Waals surface area contributed by atoms with Crippen molar-refractivity contribution in [1.82, 2.24) is 20.0 Å². The smallest absolute Gasteiger partial charge is 0.481 e. The fourth-order valence-electron chi connectivity index (χ4n) is 1.42. The van der Waals surface area contributed by atoms with E-state index in [0.717, 1.165) is 0 Å². The molecule has 0 aliphatic carbocycles. The first-order chi connectivity index (χ1) is 8.11. The molecule has 0 radical (unpaired) electrons. The van der Waals surface area contributed by atoms with Gasteiger partial charge in [-0.25, -0.2) is 4.98 Å². The first kappa shape index (κ1) is 11.6. The number of nitrogens with zero attached hydrogens (tertiary/aromatic N) is 4. The number of aryl methyl sites for hydroxylation is 1. The van der Waals surface area contributed by atoms with Crippen molar-refractivity contribution in [3.05, 3.63) is 18.3 Å². The molecule has 0 aromatic carbocycles. The predicted molar refractivity (Wildman–Crippen MR) is 60.6 cm³/mol. The Labute approximate surface area is 97.8 Å². The first-order valence-corrected chi connectivity index (χ1v) is 4.89. The second-order valence-electron chi connectivity index (χ2n) is 3.39. The lowest BCUT2D eigenvalue weighted by Crippen LogP contribution is -2.32. The lowest BCUT2D eigenvalue weighted by Gasteiger charge is -2.06. The molecule has 17 heavy (non-hydrogen) atoms. The molecule has 0 aliphatic heterocycles. The van der Waals surface area contributed by atoms with E-state index in [1.165, 1.54) is 18.0 Å². The third-order valence-corrected chi connectivity index (χ3v) is 2.22. The highest BCUT2D eigenvalue weighted by molar-refractivity contribution is 6.57. The molecule has 88 valence electrons. The SMILES string of the molecule is COc1nc(B(O)O)ccc1-c1cnn(C)n1. The van der Waals surface area contributed by atoms with Crippen molar-refractivity contribution in [2.75, 3.05) is 7.11 Å². The van der Waals surface area contributed by atoms with Crippen LogP contribution in [0.4, 0.5) is 0 Å². The van der Waals surface area contributed by atoms with E-state index in [1.54, 1.807) is 19.3 Å². The summed E-state index contributed by atoms with van der Waals surface area (Å²) in [5.74, 6) is 0.274. The topological polar surface area (TPSA) is 93.3 Å². The van der Waals surface area contributed by atoms with Crippen molar-refractivity contribution in [3.63, 3.8) is 0 Å². The van der Waals surface area contributed by atoms with E-state index in [-0.39, 0.29) is 11.5 Å². The van der Waals surface area contributed by atoms with Gasteiger partial charge in [0, 0.05) is 7.05 Å². The highest BCUT2D eigenvalue weighted by atomic mass is 16.5. The molecule has 2 N–H and O–H groups in total. The predicted octanol–water partition coefficient (Wildman–Crippen LogP) is -1.43. The standard InChI is InChI=1S/C9H11BN4O3/c1-14-11-5-7(13-14)6-3-4-8(10(15)16)12-9(6)17-2/h3-5,15-16H,1-2H3. The molecule has 8 heteroatoms. The van der Waals surface area contributed by atoms with E-state index in [4.69, 9.17) is 14.8 Å². The van der Waals surface area contributed by atoms with Crippen LogP contribution < -0.4 is 10.3 Å². The van der Waals surface area contributed by atoms with Gasteiger partial charge in [-0.15, -0.1) is 0 Å². The van der Waals surface area contributed by atoms with Gasteiger partial charge in [-0.1, -0.05) is 0 Å². The van der Waals surface area contributed by atoms with E-state index in [1.807, 2.05) is 0 Å². The number of hydrogen-bond acceptors (Lipinski definition) is 6. The summed E-state index contributed by atoms with van der Waals surface area (Å²) in [7, 11) is 1.53. The third-order valence-electron chi connectivity index (χ3n) is 2.22. The lowest BCUT2D eigenvalue weighted by molar-refractivity contribution is 0.396. The average molecular weight is 234 g/mol. The maximum Gasteiger partial charge on any atom is 0.508 e. The zero-order valence-corrected chi connectivity index (χ0v) is 9.40. The van der Waals surface area contributed by atoms with E-state index in [9.17, 15) is 0 Å². The largest absolute Gasteiger partial charge is 0.508 e. The number of hydrogen-bond donors (Lipinski definition) is 2. The second kappa shape index (κ2) is 4.52. The van der Waals surface area contributed by atoms with Gasteiger partial charge in [0.05, 0.1) is 24.5 Å². The Kier molecular flexibility index (Phi) is 3.07. The van der Waals surface area contributed by atoms with Crippen molar-refractivity contribution < 1.29 is 14.8 Å². The van der Waals surface area contributed by atoms with E-state index >= 15 is 0 Å². The molecule has 0 bridgehead atoms. The maximum atomic E-state index is 9.01. The summed E-state index contributed by atoms with van der Waals surface area (Å²) in [4.78, 5) is 5.40. The van der Waals surface area contributed by atoms with Crippen LogP contribution in [0, 0.1) is 0 Å². The summed E-state index contributed by atoms with van der Waals surface area (Å²) in [5, 5.41) is 26.1. The molecule has 0 amide bonds. The van der Waals surface area contributed by atoms with Crippen LogP contribution >= 0.6 is 0 Å². The molecular weight excluding hydrogens is 223 g/mol. The van der Waals surface area contributed by atoms with Crippen molar-refractivity contribution in [3.8, 4) is 17.1 Å². The van der Waals surface area contributed by atoms with Crippen LogP contribution in [-0.4, -0.2) is 44.3 Å². The van der Waals surface area contributed by atoms with E-state index in [2.05, 4.69) is 15.2 Å². The van der Waals surface area contributed by atoms with Crippen LogP contribution in [0.15, 0.2) is 18.3 Å². The van der Waals surface area contributed by atoms with Crippen LogP contribution in [0.2, 0.25) is 0 Å². The van der Waals surface area contributed by atoms with Crippen LogP contribution in [0.3, 0.4) is 0 Å². The molecule has 0 atom stereocenters. The van der Waals surface area contributed by atoms with Crippen LogP contribution in [0.1, 0.15) is 0 Å². The monoisotopic (exact) mass is 234 g/mol. The Balaban J connectivity index is 2.48. The summed E-state index contributed by atoms with van der Waals surface area (Å²) in [5.41, 5.74) is 1.37. The number of aromatic nitrogens is 4. The van der Waals surface area contributed by atoms with Crippen molar-refractivity contribution >= 4 is 12.7 Å². The molecule has 2 aromatic heterocycles. The number of rotatable bonds is 3. The molecule has 7 nitrogen and oxygen atoms in total. The zero-order valence-electron chi connectivity index (χ0n) is 9.40. The highest BCUT2D eigenvalue weighted by Gasteiger charge is 2.17. The maximum absolute atomic E-state index is 9.01. The summed E-state index contributed by atoms with van der Waals surface area (Å²) in [6.07, 6.45) is 1.58. The molecular formula is C9H11BN4O3. The van der Waals surface area contributed by atoms with Gasteiger partial charge in [0.25, 0.3) is 0 Å². The number of methoxy groups -OCH3 is 1. The summed E-state index contributed by atoms with van der Waals surface area (Å²) < 4.78 is 5.09. The molecule has 0 spiro atoms. The Morgan fingerprint density at radius 1 is 1.35 bits per heavy atom. The number of pyridine rings is 1. The van der Waals surface area contributed by atoms with Crippen molar-refractivity contribution in [1.29, 1.82) is 0 Å². The lowest BCUT2D eigenvalue weighted by atomic mass is 9.85. The van der Waals surface area contributed by atoms with Gasteiger partial charge in [-0.3, -0.25) is 0 Å². The zero-order chi connectivity index (χ0) is 12.4. The van der Waals surface area contributed by atoms with Gasteiger partial charge in [0.2, 0.25) is 5.88 Å². The minimum atomic E-state index is -1.63. The Morgan fingerprint density at radius 2 is 2.12 bits per heavy atom. The quantitative estimate of drug-likeness (QED) is 0.632. The van der Waals surface area contributed by atoms with E-state index < -0.39 is 7.12 Å². The van der Waals surface area contributed by atoms with Crippen molar-refractivity contribution in [2.45, 2.75) is 0 Å². The molecule has 0 saturated heterocycles. The van der Waals surface area contributed by atoms with Gasteiger partial charge in [0.1, 0.15) is 5.69 Å². The molecule has 0 fully saturated rings. The normalized spacial score (nSPS) is 10.4. The second-order valence-corrected chi connectivity index (χ2v) is 3.39. The molecule has 0 saturated carbocycles. The van der Waals surface area contributed by atoms with Gasteiger partial charge in [0.15, 0.2) is 0 Å². The third kappa shape index (κ3) is 2.27. The van der Waals surface area contributed by atoms with E-state index in [0.29, 0.717) is 11.3 Å². The Hall–Kier alpha value is -1.93. The minimum absolute atomic E-state index is 0.120. The summed E-state index contributed by atoms with van der Waals surface area (Å²) in [6.45, 7) is 0. The molecule has 2 aromatic rings.